The normalized spacial score (nSPS) is 16.3. The summed E-state index contributed by atoms with van der Waals surface area (Å²) in [4.78, 5) is 30.5. The summed E-state index contributed by atoms with van der Waals surface area (Å²) in [5.41, 5.74) is 1.86. The van der Waals surface area contributed by atoms with Crippen LogP contribution in [0.25, 0.3) is 10.9 Å². The first-order valence-electron chi connectivity index (χ1n) is 9.53. The van der Waals surface area contributed by atoms with Crippen molar-refractivity contribution >= 4 is 10.9 Å². The number of nitrogens with one attached hydrogen (secondary N) is 3. The van der Waals surface area contributed by atoms with Gasteiger partial charge in [0.15, 0.2) is 0 Å². The van der Waals surface area contributed by atoms with Crippen LogP contribution >= 0.6 is 0 Å². The minimum Gasteiger partial charge on any atom is -0.497 e. The summed E-state index contributed by atoms with van der Waals surface area (Å²) < 4.78 is 6.57. The van der Waals surface area contributed by atoms with E-state index in [2.05, 4.69) is 15.3 Å². The zero-order valence-corrected chi connectivity index (χ0v) is 16.0. The zero-order valence-electron chi connectivity index (χ0n) is 16.0. The van der Waals surface area contributed by atoms with E-state index in [0.29, 0.717) is 13.1 Å². The van der Waals surface area contributed by atoms with Crippen molar-refractivity contribution in [3.63, 3.8) is 0 Å². The fourth-order valence-corrected chi connectivity index (χ4v) is 3.94. The number of aromatic hydroxyl groups is 1. The van der Waals surface area contributed by atoms with Crippen LogP contribution in [0, 0.1) is 0 Å². The van der Waals surface area contributed by atoms with Crippen LogP contribution < -0.4 is 21.3 Å². The van der Waals surface area contributed by atoms with Gasteiger partial charge in [-0.05, 0) is 36.6 Å². The highest BCUT2D eigenvalue weighted by Crippen LogP contribution is 2.36. The Balaban J connectivity index is 1.89. The van der Waals surface area contributed by atoms with Crippen LogP contribution in [0.3, 0.4) is 0 Å². The van der Waals surface area contributed by atoms with E-state index in [4.69, 9.17) is 4.74 Å². The van der Waals surface area contributed by atoms with Gasteiger partial charge >= 0.3 is 5.69 Å². The second-order valence-corrected chi connectivity index (χ2v) is 7.07. The van der Waals surface area contributed by atoms with Gasteiger partial charge in [0.1, 0.15) is 11.3 Å². The molecular weight excluding hydrogens is 360 g/mol. The highest BCUT2D eigenvalue weighted by Gasteiger charge is 2.31. The molecule has 28 heavy (non-hydrogen) atoms. The van der Waals surface area contributed by atoms with Gasteiger partial charge in [-0.2, -0.15) is 0 Å². The van der Waals surface area contributed by atoms with Crippen molar-refractivity contribution in [1.82, 2.24) is 19.9 Å². The van der Waals surface area contributed by atoms with E-state index in [9.17, 15) is 14.7 Å². The van der Waals surface area contributed by atoms with Gasteiger partial charge in [-0.1, -0.05) is 13.3 Å². The molecule has 8 nitrogen and oxygen atoms in total. The molecule has 0 aliphatic carbocycles. The number of nitrogens with zero attached hydrogens (tertiary/aromatic N) is 1. The molecule has 0 saturated carbocycles. The van der Waals surface area contributed by atoms with E-state index in [1.165, 1.54) is 4.57 Å². The van der Waals surface area contributed by atoms with Gasteiger partial charge in [-0.25, -0.2) is 4.79 Å². The van der Waals surface area contributed by atoms with E-state index >= 15 is 0 Å². The van der Waals surface area contributed by atoms with Crippen molar-refractivity contribution in [2.45, 2.75) is 38.8 Å². The highest BCUT2D eigenvalue weighted by molar-refractivity contribution is 5.86. The number of benzene rings is 1. The van der Waals surface area contributed by atoms with Crippen LogP contribution in [0.2, 0.25) is 0 Å². The molecule has 0 unspecified atom stereocenters. The van der Waals surface area contributed by atoms with Crippen molar-refractivity contribution in [2.24, 2.45) is 0 Å². The monoisotopic (exact) mass is 384 g/mol. The molecule has 4 rings (SSSR count). The van der Waals surface area contributed by atoms with E-state index in [0.717, 1.165) is 47.2 Å². The number of rotatable bonds is 5. The lowest BCUT2D eigenvalue weighted by atomic mass is 9.95. The third-order valence-corrected chi connectivity index (χ3v) is 5.39. The Morgan fingerprint density at radius 2 is 2.11 bits per heavy atom. The SMILES string of the molecule is CCCCn1c(O)c([C@@H]2NCCc3c2[nH]c2ccc(OC)cc32)c(=O)[nH]c1=O. The van der Waals surface area contributed by atoms with Gasteiger partial charge in [-0.15, -0.1) is 0 Å². The van der Waals surface area contributed by atoms with E-state index in [1.54, 1.807) is 7.11 Å². The lowest BCUT2D eigenvalue weighted by Crippen LogP contribution is -2.39. The molecule has 1 aromatic carbocycles. The number of hydrogen-bond acceptors (Lipinski definition) is 5. The topological polar surface area (TPSA) is 112 Å². The largest absolute Gasteiger partial charge is 0.497 e. The number of H-pyrrole nitrogens is 2. The highest BCUT2D eigenvalue weighted by atomic mass is 16.5. The predicted octanol–water partition coefficient (Wildman–Crippen LogP) is 1.77. The third kappa shape index (κ3) is 2.90. The molecule has 2 aromatic heterocycles. The van der Waals surface area contributed by atoms with Crippen LogP contribution in [-0.4, -0.2) is 33.3 Å². The van der Waals surface area contributed by atoms with Crippen LogP contribution in [-0.2, 0) is 13.0 Å². The van der Waals surface area contributed by atoms with Crippen LogP contribution in [0.5, 0.6) is 11.6 Å². The van der Waals surface area contributed by atoms with Crippen molar-refractivity contribution in [1.29, 1.82) is 0 Å². The Hall–Kier alpha value is -3.00. The molecular formula is C20H24N4O4. The molecule has 148 valence electrons. The maximum atomic E-state index is 12.6. The molecule has 3 aromatic rings. The molecule has 8 heteroatoms. The Kier molecular flexibility index (Phi) is 4.72. The van der Waals surface area contributed by atoms with Crippen molar-refractivity contribution < 1.29 is 9.84 Å². The maximum absolute atomic E-state index is 12.6. The number of fused-ring (bicyclic) bond motifs is 3. The smallest absolute Gasteiger partial charge is 0.331 e. The first-order valence-corrected chi connectivity index (χ1v) is 9.53. The second kappa shape index (κ2) is 7.20. The van der Waals surface area contributed by atoms with Gasteiger partial charge < -0.3 is 20.1 Å². The maximum Gasteiger partial charge on any atom is 0.331 e. The minimum atomic E-state index is -0.586. The molecule has 0 spiro atoms. The van der Waals surface area contributed by atoms with Crippen molar-refractivity contribution in [3.8, 4) is 11.6 Å². The number of ether oxygens (including phenoxy) is 1. The van der Waals surface area contributed by atoms with Gasteiger partial charge in [0, 0.05) is 29.7 Å². The van der Waals surface area contributed by atoms with Crippen LogP contribution in [0.1, 0.15) is 42.6 Å². The second-order valence-electron chi connectivity index (χ2n) is 7.07. The summed E-state index contributed by atoms with van der Waals surface area (Å²) in [6, 6.07) is 5.26. The van der Waals surface area contributed by atoms with E-state index in [1.807, 2.05) is 25.1 Å². The third-order valence-electron chi connectivity index (χ3n) is 5.39. The molecule has 0 bridgehead atoms. The lowest BCUT2D eigenvalue weighted by Gasteiger charge is -2.25. The molecule has 0 fully saturated rings. The number of aromatic amines is 2. The summed E-state index contributed by atoms with van der Waals surface area (Å²) in [6.07, 6.45) is 2.39. The van der Waals surface area contributed by atoms with Gasteiger partial charge in [0.2, 0.25) is 5.88 Å². The first-order chi connectivity index (χ1) is 13.5. The summed E-state index contributed by atoms with van der Waals surface area (Å²) in [6.45, 7) is 3.01. The predicted molar refractivity (Wildman–Crippen MR) is 106 cm³/mol. The van der Waals surface area contributed by atoms with Gasteiger partial charge in [0.25, 0.3) is 5.56 Å². The minimum absolute atomic E-state index is 0.162. The lowest BCUT2D eigenvalue weighted by molar-refractivity contribution is 0.378. The van der Waals surface area contributed by atoms with Crippen LogP contribution in [0.15, 0.2) is 27.8 Å². The van der Waals surface area contributed by atoms with Gasteiger partial charge in [-0.3, -0.25) is 14.3 Å². The van der Waals surface area contributed by atoms with Gasteiger partial charge in [0.05, 0.1) is 13.2 Å². The summed E-state index contributed by atoms with van der Waals surface area (Å²) >= 11 is 0. The number of hydrogen-bond donors (Lipinski definition) is 4. The average Bonchev–Trinajstić information content (AvgIpc) is 3.06. The Morgan fingerprint density at radius 1 is 1.29 bits per heavy atom. The van der Waals surface area contributed by atoms with E-state index < -0.39 is 17.3 Å². The number of aromatic nitrogens is 3. The molecule has 0 radical (unpaired) electrons. The first kappa shape index (κ1) is 18.4. The standard InChI is InChI=1S/C20H24N4O4/c1-3-4-9-24-19(26)15(18(25)23-20(24)27)17-16-12(7-8-21-17)13-10-11(28-2)5-6-14(13)22-16/h5-6,10,17,21-22,26H,3-4,7-9H2,1-2H3,(H,23,25,27)/t17-/m0/s1. The molecule has 0 amide bonds. The average molecular weight is 384 g/mol. The molecule has 1 atom stereocenters. The Labute approximate surface area is 161 Å². The van der Waals surface area contributed by atoms with Crippen LogP contribution in [0.4, 0.5) is 0 Å². The molecule has 1 aliphatic rings. The summed E-state index contributed by atoms with van der Waals surface area (Å²) in [7, 11) is 1.63. The zero-order chi connectivity index (χ0) is 19.8. The Morgan fingerprint density at radius 3 is 2.86 bits per heavy atom. The number of unbranched alkanes of at least 4 members (excludes halogenated alkanes) is 1. The molecule has 3 heterocycles. The Bertz CT molecular complexity index is 1140. The number of methoxy groups -OCH3 is 1. The molecule has 0 saturated heterocycles. The summed E-state index contributed by atoms with van der Waals surface area (Å²) in [5, 5.41) is 15.1. The van der Waals surface area contributed by atoms with Crippen molar-refractivity contribution in [2.75, 3.05) is 13.7 Å². The van der Waals surface area contributed by atoms with E-state index in [-0.39, 0.29) is 11.4 Å². The van der Waals surface area contributed by atoms with Crippen molar-refractivity contribution in [3.05, 3.63) is 55.9 Å². The molecule has 1 aliphatic heterocycles. The molecule has 4 N–H and O–H groups in total. The summed E-state index contributed by atoms with van der Waals surface area (Å²) in [5.74, 6) is 0.488. The fourth-order valence-electron chi connectivity index (χ4n) is 3.94. The fraction of sp³-hybridized carbons (Fsp3) is 0.400. The quantitative estimate of drug-likeness (QED) is 0.536.